The molecule has 5 nitrogen and oxygen atoms in total. The van der Waals surface area contributed by atoms with Crippen molar-refractivity contribution in [3.8, 4) is 0 Å². The van der Waals surface area contributed by atoms with E-state index < -0.39 is 0 Å². The predicted octanol–water partition coefficient (Wildman–Crippen LogP) is 2.88. The number of rotatable bonds is 5. The SMILES string of the molecule is CCCC(N)C1CN(CC2CCCCC2)C(=O)OC12CCNCC2. The summed E-state index contributed by atoms with van der Waals surface area (Å²) in [4.78, 5) is 14.7. The van der Waals surface area contributed by atoms with Crippen LogP contribution in [-0.4, -0.2) is 48.8 Å². The highest BCUT2D eigenvalue weighted by molar-refractivity contribution is 5.69. The van der Waals surface area contributed by atoms with Gasteiger partial charge in [-0.1, -0.05) is 32.6 Å². The van der Waals surface area contributed by atoms with Crippen molar-refractivity contribution in [2.45, 2.75) is 76.4 Å². The van der Waals surface area contributed by atoms with Crippen molar-refractivity contribution in [1.82, 2.24) is 10.2 Å². The second kappa shape index (κ2) is 8.05. The van der Waals surface area contributed by atoms with Gasteiger partial charge in [0.1, 0.15) is 5.60 Å². The highest BCUT2D eigenvalue weighted by atomic mass is 16.6. The topological polar surface area (TPSA) is 67.6 Å². The molecule has 0 aromatic carbocycles. The average Bonchev–Trinajstić information content (AvgIpc) is 2.59. The minimum absolute atomic E-state index is 0.0950. The van der Waals surface area contributed by atoms with E-state index in [1.807, 2.05) is 4.90 Å². The smallest absolute Gasteiger partial charge is 0.410 e. The fourth-order valence-corrected chi connectivity index (χ4v) is 5.01. The molecular formula is C19H35N3O2. The number of hydrogen-bond donors (Lipinski definition) is 2. The lowest BCUT2D eigenvalue weighted by atomic mass is 9.73. The first-order valence-corrected chi connectivity index (χ1v) is 10.1. The quantitative estimate of drug-likeness (QED) is 0.809. The number of hydrogen-bond acceptors (Lipinski definition) is 4. The molecule has 3 fully saturated rings. The second-order valence-corrected chi connectivity index (χ2v) is 8.15. The van der Waals surface area contributed by atoms with Crippen LogP contribution in [0.4, 0.5) is 4.79 Å². The number of carbonyl (C=O) groups excluding carboxylic acids is 1. The lowest BCUT2D eigenvalue weighted by Gasteiger charge is -2.51. The molecule has 1 aliphatic carbocycles. The first kappa shape index (κ1) is 18.0. The monoisotopic (exact) mass is 337 g/mol. The summed E-state index contributed by atoms with van der Waals surface area (Å²) in [5, 5.41) is 3.39. The van der Waals surface area contributed by atoms with Crippen LogP contribution in [-0.2, 0) is 4.74 Å². The van der Waals surface area contributed by atoms with E-state index in [0.29, 0.717) is 5.92 Å². The van der Waals surface area contributed by atoms with Crippen LogP contribution in [0.2, 0.25) is 0 Å². The van der Waals surface area contributed by atoms with Crippen LogP contribution in [0.1, 0.15) is 64.7 Å². The Morgan fingerprint density at radius 1 is 1.29 bits per heavy atom. The summed E-state index contributed by atoms with van der Waals surface area (Å²) in [5.74, 6) is 0.914. The zero-order chi connectivity index (χ0) is 17.0. The zero-order valence-corrected chi connectivity index (χ0v) is 15.3. The molecule has 3 rings (SSSR count). The van der Waals surface area contributed by atoms with Gasteiger partial charge in [0.15, 0.2) is 0 Å². The molecule has 1 amide bonds. The molecule has 0 aromatic heterocycles. The Balaban J connectivity index is 1.71. The van der Waals surface area contributed by atoms with E-state index in [2.05, 4.69) is 12.2 Å². The normalized spacial score (nSPS) is 29.5. The van der Waals surface area contributed by atoms with E-state index in [4.69, 9.17) is 10.5 Å². The molecule has 3 aliphatic rings. The molecule has 2 aliphatic heterocycles. The van der Waals surface area contributed by atoms with E-state index in [0.717, 1.165) is 51.9 Å². The molecule has 5 heteroatoms. The predicted molar refractivity (Wildman–Crippen MR) is 95.8 cm³/mol. The third-order valence-corrected chi connectivity index (χ3v) is 6.43. The molecule has 2 atom stereocenters. The fourth-order valence-electron chi connectivity index (χ4n) is 5.01. The zero-order valence-electron chi connectivity index (χ0n) is 15.3. The molecule has 2 saturated heterocycles. The largest absolute Gasteiger partial charge is 0.442 e. The molecule has 24 heavy (non-hydrogen) atoms. The molecular weight excluding hydrogens is 302 g/mol. The summed E-state index contributed by atoms with van der Waals surface area (Å²) in [5.41, 5.74) is 6.23. The van der Waals surface area contributed by atoms with Crippen LogP contribution in [0, 0.1) is 11.8 Å². The maximum atomic E-state index is 12.7. The maximum Gasteiger partial charge on any atom is 0.410 e. The van der Waals surface area contributed by atoms with Gasteiger partial charge in [0.2, 0.25) is 0 Å². The minimum atomic E-state index is -0.333. The van der Waals surface area contributed by atoms with Gasteiger partial charge in [-0.3, -0.25) is 0 Å². The van der Waals surface area contributed by atoms with Crippen molar-refractivity contribution in [1.29, 1.82) is 0 Å². The van der Waals surface area contributed by atoms with E-state index in [9.17, 15) is 4.79 Å². The van der Waals surface area contributed by atoms with E-state index in [1.165, 1.54) is 32.1 Å². The molecule has 1 spiro atoms. The highest BCUT2D eigenvalue weighted by Crippen LogP contribution is 2.39. The van der Waals surface area contributed by atoms with Crippen molar-refractivity contribution >= 4 is 6.09 Å². The van der Waals surface area contributed by atoms with Gasteiger partial charge in [-0.15, -0.1) is 0 Å². The Morgan fingerprint density at radius 3 is 2.67 bits per heavy atom. The Labute approximate surface area is 146 Å². The molecule has 3 N–H and O–H groups in total. The van der Waals surface area contributed by atoms with Crippen molar-refractivity contribution in [2.75, 3.05) is 26.2 Å². The summed E-state index contributed by atoms with van der Waals surface area (Å²) in [7, 11) is 0. The Bertz CT molecular complexity index is 417. The van der Waals surface area contributed by atoms with Crippen molar-refractivity contribution in [3.63, 3.8) is 0 Å². The molecule has 2 heterocycles. The molecule has 0 radical (unpaired) electrons. The fraction of sp³-hybridized carbons (Fsp3) is 0.947. The van der Waals surface area contributed by atoms with Gasteiger partial charge in [-0.25, -0.2) is 4.79 Å². The molecule has 138 valence electrons. The number of ether oxygens (including phenoxy) is 1. The average molecular weight is 338 g/mol. The van der Waals surface area contributed by atoms with Crippen LogP contribution in [0.15, 0.2) is 0 Å². The molecule has 2 unspecified atom stereocenters. The third kappa shape index (κ3) is 3.88. The maximum absolute atomic E-state index is 12.7. The summed E-state index contributed by atoms with van der Waals surface area (Å²) >= 11 is 0. The van der Waals surface area contributed by atoms with Gasteiger partial charge in [-0.2, -0.15) is 0 Å². The van der Waals surface area contributed by atoms with Gasteiger partial charge in [0, 0.05) is 37.9 Å². The summed E-state index contributed by atoms with van der Waals surface area (Å²) in [6.07, 6.45) is 10.3. The lowest BCUT2D eigenvalue weighted by molar-refractivity contribution is -0.114. The van der Waals surface area contributed by atoms with Gasteiger partial charge in [0.25, 0.3) is 0 Å². The highest BCUT2D eigenvalue weighted by Gasteiger charge is 2.50. The van der Waals surface area contributed by atoms with E-state index >= 15 is 0 Å². The number of carbonyl (C=O) groups is 1. The van der Waals surface area contributed by atoms with Crippen LogP contribution >= 0.6 is 0 Å². The number of amides is 1. The molecule has 1 saturated carbocycles. The Hall–Kier alpha value is -0.810. The summed E-state index contributed by atoms with van der Waals surface area (Å²) in [6.45, 7) is 5.68. The number of nitrogens with one attached hydrogen (secondary N) is 1. The first-order valence-electron chi connectivity index (χ1n) is 10.1. The van der Waals surface area contributed by atoms with E-state index in [1.54, 1.807) is 0 Å². The van der Waals surface area contributed by atoms with E-state index in [-0.39, 0.29) is 23.7 Å². The number of nitrogens with zero attached hydrogens (tertiary/aromatic N) is 1. The summed E-state index contributed by atoms with van der Waals surface area (Å²) in [6, 6.07) is 0.120. The van der Waals surface area contributed by atoms with Crippen molar-refractivity contribution in [3.05, 3.63) is 0 Å². The van der Waals surface area contributed by atoms with Crippen molar-refractivity contribution < 1.29 is 9.53 Å². The van der Waals surface area contributed by atoms with Crippen LogP contribution in [0.3, 0.4) is 0 Å². The second-order valence-electron chi connectivity index (χ2n) is 8.15. The summed E-state index contributed by atoms with van der Waals surface area (Å²) < 4.78 is 6.12. The molecule has 0 bridgehead atoms. The third-order valence-electron chi connectivity index (χ3n) is 6.43. The van der Waals surface area contributed by atoms with Gasteiger partial charge >= 0.3 is 6.09 Å². The van der Waals surface area contributed by atoms with Gasteiger partial charge in [-0.05, 0) is 38.3 Å². The molecule has 0 aromatic rings. The standard InChI is InChI=1S/C19H35N3O2/c1-2-6-17(20)16-14-22(13-15-7-4-3-5-8-15)18(23)24-19(16)9-11-21-12-10-19/h15-17,21H,2-14,20H2,1H3. The van der Waals surface area contributed by atoms with Crippen molar-refractivity contribution in [2.24, 2.45) is 17.6 Å². The Kier molecular flexibility index (Phi) is 6.03. The Morgan fingerprint density at radius 2 is 2.00 bits per heavy atom. The van der Waals surface area contributed by atoms with Crippen LogP contribution < -0.4 is 11.1 Å². The van der Waals surface area contributed by atoms with Crippen LogP contribution in [0.25, 0.3) is 0 Å². The van der Waals surface area contributed by atoms with Gasteiger partial charge < -0.3 is 20.7 Å². The number of nitrogens with two attached hydrogens (primary N) is 1. The number of piperidine rings is 1. The van der Waals surface area contributed by atoms with Crippen LogP contribution in [0.5, 0.6) is 0 Å². The minimum Gasteiger partial charge on any atom is -0.442 e. The lowest BCUT2D eigenvalue weighted by Crippen LogP contribution is -2.64. The first-order chi connectivity index (χ1) is 11.6. The van der Waals surface area contributed by atoms with Gasteiger partial charge in [0.05, 0.1) is 0 Å².